The van der Waals surface area contributed by atoms with E-state index in [4.69, 9.17) is 9.52 Å². The summed E-state index contributed by atoms with van der Waals surface area (Å²) >= 11 is 0. The number of furan rings is 1. The molecule has 1 unspecified atom stereocenters. The zero-order valence-corrected chi connectivity index (χ0v) is 12.2. The van der Waals surface area contributed by atoms with Gasteiger partial charge in [0.2, 0.25) is 5.76 Å². The predicted molar refractivity (Wildman–Crippen MR) is 73.2 cm³/mol. The molecule has 1 saturated heterocycles. The first-order chi connectivity index (χ1) is 8.77. The minimum atomic E-state index is -0.997. The first-order valence-corrected chi connectivity index (χ1v) is 6.82. The maximum Gasteiger partial charge on any atom is 0.371 e. The van der Waals surface area contributed by atoms with Crippen LogP contribution in [0.25, 0.3) is 0 Å². The molecule has 0 amide bonds. The van der Waals surface area contributed by atoms with Gasteiger partial charge >= 0.3 is 5.97 Å². The number of aryl methyl sites for hydroxylation is 1. The van der Waals surface area contributed by atoms with Crippen LogP contribution < -0.4 is 0 Å². The van der Waals surface area contributed by atoms with E-state index in [-0.39, 0.29) is 5.76 Å². The molecule has 1 aliphatic rings. The second-order valence-corrected chi connectivity index (χ2v) is 6.58. The van der Waals surface area contributed by atoms with Gasteiger partial charge in [0.25, 0.3) is 0 Å². The van der Waals surface area contributed by atoms with Gasteiger partial charge in [0.05, 0.1) is 0 Å². The van der Waals surface area contributed by atoms with Crippen molar-refractivity contribution in [3.63, 3.8) is 0 Å². The molecule has 1 fully saturated rings. The van der Waals surface area contributed by atoms with E-state index >= 15 is 0 Å². The maximum atomic E-state index is 10.9. The van der Waals surface area contributed by atoms with Crippen LogP contribution in [0.15, 0.2) is 10.5 Å². The highest BCUT2D eigenvalue weighted by molar-refractivity contribution is 5.84. The first kappa shape index (κ1) is 14.1. The smallest absolute Gasteiger partial charge is 0.371 e. The standard InChI is InChI=1S/C15H23NO3/c1-10-11(7-13(19-10)14(17)18)8-16-6-5-12(9-16)15(2,3)4/h7,12H,5-6,8-9H2,1-4H3,(H,17,18). The summed E-state index contributed by atoms with van der Waals surface area (Å²) in [5, 5.41) is 8.92. The summed E-state index contributed by atoms with van der Waals surface area (Å²) in [5.74, 6) is 0.470. The van der Waals surface area contributed by atoms with Gasteiger partial charge in [-0.15, -0.1) is 0 Å². The third-order valence-electron chi connectivity index (χ3n) is 4.12. The van der Waals surface area contributed by atoms with Crippen molar-refractivity contribution in [1.29, 1.82) is 0 Å². The molecule has 1 N–H and O–H groups in total. The van der Waals surface area contributed by atoms with E-state index in [0.717, 1.165) is 31.0 Å². The molecule has 4 heteroatoms. The van der Waals surface area contributed by atoms with Crippen LogP contribution in [-0.2, 0) is 6.54 Å². The molecule has 1 aromatic rings. The van der Waals surface area contributed by atoms with Crippen LogP contribution in [0.3, 0.4) is 0 Å². The lowest BCUT2D eigenvalue weighted by Crippen LogP contribution is -2.25. The van der Waals surface area contributed by atoms with E-state index in [9.17, 15) is 4.79 Å². The molecule has 4 nitrogen and oxygen atoms in total. The fourth-order valence-electron chi connectivity index (χ4n) is 2.71. The molecule has 0 spiro atoms. The Bertz CT molecular complexity index is 470. The number of carbonyl (C=O) groups is 1. The molecular formula is C15H23NO3. The van der Waals surface area contributed by atoms with Gasteiger partial charge in [-0.25, -0.2) is 4.79 Å². The number of likely N-dealkylation sites (tertiary alicyclic amines) is 1. The lowest BCUT2D eigenvalue weighted by atomic mass is 9.80. The lowest BCUT2D eigenvalue weighted by molar-refractivity contribution is 0.0661. The summed E-state index contributed by atoms with van der Waals surface area (Å²) in [7, 11) is 0. The Morgan fingerprint density at radius 3 is 2.68 bits per heavy atom. The molecule has 0 aromatic carbocycles. The normalized spacial score (nSPS) is 20.9. The van der Waals surface area contributed by atoms with Crippen molar-refractivity contribution in [2.45, 2.75) is 40.7 Å². The zero-order chi connectivity index (χ0) is 14.2. The maximum absolute atomic E-state index is 10.9. The van der Waals surface area contributed by atoms with Crippen molar-refractivity contribution in [3.8, 4) is 0 Å². The van der Waals surface area contributed by atoms with E-state index in [1.165, 1.54) is 6.42 Å². The highest BCUT2D eigenvalue weighted by Gasteiger charge is 2.32. The molecule has 2 rings (SSSR count). The van der Waals surface area contributed by atoms with E-state index in [1.54, 1.807) is 6.07 Å². The Labute approximate surface area is 114 Å². The fourth-order valence-corrected chi connectivity index (χ4v) is 2.71. The minimum absolute atomic E-state index is 0.0408. The molecule has 2 heterocycles. The number of hydrogen-bond acceptors (Lipinski definition) is 3. The molecule has 0 aliphatic carbocycles. The van der Waals surface area contributed by atoms with Crippen LogP contribution in [-0.4, -0.2) is 29.1 Å². The van der Waals surface area contributed by atoms with Crippen molar-refractivity contribution >= 4 is 5.97 Å². The van der Waals surface area contributed by atoms with Crippen LogP contribution in [0.5, 0.6) is 0 Å². The third kappa shape index (κ3) is 3.18. The number of carboxylic acids is 1. The van der Waals surface area contributed by atoms with Crippen molar-refractivity contribution in [2.75, 3.05) is 13.1 Å². The molecule has 19 heavy (non-hydrogen) atoms. The number of rotatable bonds is 3. The van der Waals surface area contributed by atoms with Crippen molar-refractivity contribution in [1.82, 2.24) is 4.90 Å². The van der Waals surface area contributed by atoms with Crippen LogP contribution in [0, 0.1) is 18.3 Å². The van der Waals surface area contributed by atoms with Crippen LogP contribution in [0.1, 0.15) is 49.1 Å². The molecule has 106 valence electrons. The van der Waals surface area contributed by atoms with E-state index in [2.05, 4.69) is 25.7 Å². The third-order valence-corrected chi connectivity index (χ3v) is 4.12. The Balaban J connectivity index is 2.01. The Kier molecular flexibility index (Phi) is 3.72. The number of hydrogen-bond donors (Lipinski definition) is 1. The molecule has 0 bridgehead atoms. The van der Waals surface area contributed by atoms with Gasteiger partial charge in [-0.05, 0) is 37.3 Å². The van der Waals surface area contributed by atoms with Crippen molar-refractivity contribution in [3.05, 3.63) is 23.2 Å². The molecule has 1 aromatic heterocycles. The Hall–Kier alpha value is -1.29. The van der Waals surface area contributed by atoms with Gasteiger partial charge in [0.1, 0.15) is 5.76 Å². The molecule has 0 saturated carbocycles. The lowest BCUT2D eigenvalue weighted by Gasteiger charge is -2.27. The second-order valence-electron chi connectivity index (χ2n) is 6.58. The quantitative estimate of drug-likeness (QED) is 0.912. The van der Waals surface area contributed by atoms with Gasteiger partial charge in [0.15, 0.2) is 0 Å². The summed E-state index contributed by atoms with van der Waals surface area (Å²) in [6.45, 7) is 11.6. The van der Waals surface area contributed by atoms with Crippen molar-refractivity contribution < 1.29 is 14.3 Å². The summed E-state index contributed by atoms with van der Waals surface area (Å²) in [5.41, 5.74) is 1.33. The van der Waals surface area contributed by atoms with Crippen LogP contribution in [0.2, 0.25) is 0 Å². The second kappa shape index (κ2) is 5.00. The molecular weight excluding hydrogens is 242 g/mol. The number of aromatic carboxylic acids is 1. The summed E-state index contributed by atoms with van der Waals surface area (Å²) in [6, 6.07) is 1.65. The topological polar surface area (TPSA) is 53.7 Å². The zero-order valence-electron chi connectivity index (χ0n) is 12.2. The van der Waals surface area contributed by atoms with Crippen LogP contribution in [0.4, 0.5) is 0 Å². The highest BCUT2D eigenvalue weighted by Crippen LogP contribution is 2.34. The Morgan fingerprint density at radius 1 is 1.53 bits per heavy atom. The Morgan fingerprint density at radius 2 is 2.21 bits per heavy atom. The van der Waals surface area contributed by atoms with E-state index in [0.29, 0.717) is 11.3 Å². The summed E-state index contributed by atoms with van der Waals surface area (Å²) in [4.78, 5) is 13.3. The molecule has 1 aliphatic heterocycles. The number of nitrogens with zero attached hydrogens (tertiary/aromatic N) is 1. The first-order valence-electron chi connectivity index (χ1n) is 6.82. The van der Waals surface area contributed by atoms with Crippen LogP contribution >= 0.6 is 0 Å². The average molecular weight is 265 g/mol. The summed E-state index contributed by atoms with van der Waals surface area (Å²) in [6.07, 6.45) is 1.21. The van der Waals surface area contributed by atoms with E-state index < -0.39 is 5.97 Å². The summed E-state index contributed by atoms with van der Waals surface area (Å²) < 4.78 is 5.25. The van der Waals surface area contributed by atoms with Gasteiger partial charge in [0, 0.05) is 18.7 Å². The predicted octanol–water partition coefficient (Wildman–Crippen LogP) is 3.15. The van der Waals surface area contributed by atoms with Gasteiger partial charge in [-0.2, -0.15) is 0 Å². The van der Waals surface area contributed by atoms with Gasteiger partial charge in [-0.1, -0.05) is 20.8 Å². The highest BCUT2D eigenvalue weighted by atomic mass is 16.4. The number of carboxylic acid groups (broad SMARTS) is 1. The minimum Gasteiger partial charge on any atom is -0.475 e. The van der Waals surface area contributed by atoms with Crippen molar-refractivity contribution in [2.24, 2.45) is 11.3 Å². The van der Waals surface area contributed by atoms with Gasteiger partial charge in [-0.3, -0.25) is 4.90 Å². The van der Waals surface area contributed by atoms with E-state index in [1.807, 2.05) is 6.92 Å². The largest absolute Gasteiger partial charge is 0.475 e. The SMILES string of the molecule is Cc1oc(C(=O)O)cc1CN1CCC(C(C)(C)C)C1. The fraction of sp³-hybridized carbons (Fsp3) is 0.667. The average Bonchev–Trinajstić information content (AvgIpc) is 2.86. The molecule has 0 radical (unpaired) electrons. The van der Waals surface area contributed by atoms with Gasteiger partial charge < -0.3 is 9.52 Å². The molecule has 1 atom stereocenters. The monoisotopic (exact) mass is 265 g/mol.